The first kappa shape index (κ1) is 20.5. The van der Waals surface area contributed by atoms with Crippen molar-refractivity contribution < 1.29 is 9.18 Å². The molecule has 0 atom stereocenters. The summed E-state index contributed by atoms with van der Waals surface area (Å²) < 4.78 is 14.4. The third-order valence-corrected chi connectivity index (χ3v) is 6.70. The van der Waals surface area contributed by atoms with Crippen LogP contribution in [0.4, 0.5) is 9.52 Å². The molecule has 0 spiro atoms. The summed E-state index contributed by atoms with van der Waals surface area (Å²) >= 11 is 1.25. The Bertz CT molecular complexity index is 1330. The van der Waals surface area contributed by atoms with Crippen LogP contribution >= 0.6 is 11.3 Å². The van der Waals surface area contributed by atoms with E-state index in [4.69, 9.17) is 0 Å². The van der Waals surface area contributed by atoms with Gasteiger partial charge in [0.1, 0.15) is 5.82 Å². The molecule has 5 rings (SSSR count). The molecule has 1 amide bonds. The molecule has 6 heteroatoms. The Morgan fingerprint density at radius 2 is 1.81 bits per heavy atom. The van der Waals surface area contributed by atoms with E-state index < -0.39 is 0 Å². The van der Waals surface area contributed by atoms with Gasteiger partial charge in [0.25, 0.3) is 5.91 Å². The van der Waals surface area contributed by atoms with E-state index in [1.807, 2.05) is 43.3 Å². The molecule has 0 radical (unpaired) electrons. The molecule has 0 saturated heterocycles. The number of thiazole rings is 1. The van der Waals surface area contributed by atoms with E-state index in [-0.39, 0.29) is 11.7 Å². The molecule has 1 aromatic heterocycles. The van der Waals surface area contributed by atoms with E-state index in [2.05, 4.69) is 16.2 Å². The van der Waals surface area contributed by atoms with Crippen LogP contribution in [0.15, 0.2) is 65.8 Å². The quantitative estimate of drug-likeness (QED) is 0.274. The van der Waals surface area contributed by atoms with Crippen LogP contribution in [0.3, 0.4) is 0 Å². The van der Waals surface area contributed by atoms with Crippen molar-refractivity contribution in [3.05, 3.63) is 94.3 Å². The number of hydrogen-bond acceptors (Lipinski definition) is 4. The van der Waals surface area contributed by atoms with Crippen LogP contribution in [0.5, 0.6) is 0 Å². The summed E-state index contributed by atoms with van der Waals surface area (Å²) in [6, 6.07) is 18.2. The maximum absolute atomic E-state index is 13.7. The van der Waals surface area contributed by atoms with Crippen LogP contribution in [0.25, 0.3) is 10.2 Å². The minimum absolute atomic E-state index is 0.249. The lowest BCUT2D eigenvalue weighted by molar-refractivity contribution is 0.0987. The van der Waals surface area contributed by atoms with Crippen LogP contribution in [-0.2, 0) is 12.8 Å². The minimum Gasteiger partial charge on any atom is -0.267 e. The average Bonchev–Trinajstić information content (AvgIpc) is 3.22. The van der Waals surface area contributed by atoms with Gasteiger partial charge in [-0.1, -0.05) is 47.2 Å². The first-order valence-electron chi connectivity index (χ1n) is 10.7. The fourth-order valence-corrected chi connectivity index (χ4v) is 4.88. The van der Waals surface area contributed by atoms with E-state index in [0.29, 0.717) is 20.9 Å². The average molecular weight is 444 g/mol. The van der Waals surface area contributed by atoms with Gasteiger partial charge in [-0.25, -0.2) is 9.37 Å². The number of hydrazone groups is 1. The van der Waals surface area contributed by atoms with Crippen molar-refractivity contribution in [3.63, 3.8) is 0 Å². The van der Waals surface area contributed by atoms with Gasteiger partial charge in [0, 0.05) is 5.56 Å². The second kappa shape index (κ2) is 8.63. The van der Waals surface area contributed by atoms with E-state index in [1.54, 1.807) is 12.3 Å². The standard InChI is InChI=1S/C26H22FN3OS/c1-17-6-8-18(9-7-17)16-28-30(26-29-23-13-12-22(27)15-24(23)32-26)25(31)21-11-10-19-4-2-3-5-20(19)14-21/h6-16H,2-5H2,1H3/b28-16+. The van der Waals surface area contributed by atoms with Crippen LogP contribution in [-0.4, -0.2) is 17.1 Å². The Labute approximate surface area is 190 Å². The van der Waals surface area contributed by atoms with Crippen molar-refractivity contribution in [2.45, 2.75) is 32.6 Å². The predicted octanol–water partition coefficient (Wildman–Crippen LogP) is 6.30. The van der Waals surface area contributed by atoms with Gasteiger partial charge in [-0.2, -0.15) is 10.1 Å². The van der Waals surface area contributed by atoms with Crippen LogP contribution < -0.4 is 5.01 Å². The number of nitrogens with zero attached hydrogens (tertiary/aromatic N) is 3. The topological polar surface area (TPSA) is 45.6 Å². The van der Waals surface area contributed by atoms with E-state index in [1.165, 1.54) is 46.0 Å². The number of fused-ring (bicyclic) bond motifs is 2. The maximum Gasteiger partial charge on any atom is 0.280 e. The molecular weight excluding hydrogens is 421 g/mol. The van der Waals surface area contributed by atoms with Crippen molar-refractivity contribution in [2.24, 2.45) is 5.10 Å². The molecule has 4 nitrogen and oxygen atoms in total. The van der Waals surface area contributed by atoms with Gasteiger partial charge in [-0.15, -0.1) is 0 Å². The second-order valence-corrected chi connectivity index (χ2v) is 9.08. The number of anilines is 1. The van der Waals surface area contributed by atoms with Crippen molar-refractivity contribution in [3.8, 4) is 0 Å². The van der Waals surface area contributed by atoms with Gasteiger partial charge >= 0.3 is 0 Å². The van der Waals surface area contributed by atoms with E-state index >= 15 is 0 Å². The molecule has 1 aliphatic rings. The molecule has 0 N–H and O–H groups in total. The fourth-order valence-electron chi connectivity index (χ4n) is 3.93. The molecule has 1 aliphatic carbocycles. The van der Waals surface area contributed by atoms with Crippen molar-refractivity contribution in [2.75, 3.05) is 5.01 Å². The van der Waals surface area contributed by atoms with Crippen molar-refractivity contribution in [1.29, 1.82) is 0 Å². The van der Waals surface area contributed by atoms with E-state index in [9.17, 15) is 9.18 Å². The van der Waals surface area contributed by atoms with Crippen molar-refractivity contribution in [1.82, 2.24) is 4.98 Å². The number of aromatic nitrogens is 1. The van der Waals surface area contributed by atoms with Crippen molar-refractivity contribution >= 4 is 38.8 Å². The molecule has 3 aromatic carbocycles. The minimum atomic E-state index is -0.330. The second-order valence-electron chi connectivity index (χ2n) is 8.07. The summed E-state index contributed by atoms with van der Waals surface area (Å²) in [5.74, 6) is -0.579. The molecule has 0 bridgehead atoms. The highest BCUT2D eigenvalue weighted by molar-refractivity contribution is 7.22. The van der Waals surface area contributed by atoms with Gasteiger partial charge in [0.2, 0.25) is 5.13 Å². The number of carbonyl (C=O) groups excluding carboxylic acids is 1. The molecule has 32 heavy (non-hydrogen) atoms. The zero-order chi connectivity index (χ0) is 22.1. The van der Waals surface area contributed by atoms with Crippen LogP contribution in [0, 0.1) is 12.7 Å². The Hall–Kier alpha value is -3.38. The zero-order valence-electron chi connectivity index (χ0n) is 17.7. The molecule has 0 aliphatic heterocycles. The number of rotatable bonds is 4. The summed E-state index contributed by atoms with van der Waals surface area (Å²) in [7, 11) is 0. The molecular formula is C26H22FN3OS. The molecule has 0 saturated carbocycles. The lowest BCUT2D eigenvalue weighted by atomic mass is 9.90. The maximum atomic E-state index is 13.7. The molecule has 0 fully saturated rings. The number of halogens is 1. The lowest BCUT2D eigenvalue weighted by Gasteiger charge is -2.18. The molecule has 4 aromatic rings. The van der Waals surface area contributed by atoms with Gasteiger partial charge in [0.05, 0.1) is 16.4 Å². The fraction of sp³-hybridized carbons (Fsp3) is 0.192. The third-order valence-electron chi connectivity index (χ3n) is 5.71. The SMILES string of the molecule is Cc1ccc(/C=N/N(C(=O)c2ccc3c(c2)CCCC3)c2nc3ccc(F)cc3s2)cc1. The smallest absolute Gasteiger partial charge is 0.267 e. The highest BCUT2D eigenvalue weighted by Crippen LogP contribution is 2.31. The number of aryl methyl sites for hydroxylation is 3. The predicted molar refractivity (Wildman–Crippen MR) is 128 cm³/mol. The summed E-state index contributed by atoms with van der Waals surface area (Å²) in [6.45, 7) is 2.02. The van der Waals surface area contributed by atoms with Gasteiger partial charge < -0.3 is 0 Å². The number of carbonyl (C=O) groups is 1. The molecule has 0 unspecified atom stereocenters. The Morgan fingerprint density at radius 3 is 2.62 bits per heavy atom. The summed E-state index contributed by atoms with van der Waals surface area (Å²) in [6.07, 6.45) is 6.04. The van der Waals surface area contributed by atoms with E-state index in [0.717, 1.165) is 30.4 Å². The third kappa shape index (κ3) is 4.18. The number of benzene rings is 3. The Balaban J connectivity index is 1.54. The first-order valence-corrected chi connectivity index (χ1v) is 11.5. The lowest BCUT2D eigenvalue weighted by Crippen LogP contribution is -2.26. The Kier molecular flexibility index (Phi) is 5.53. The zero-order valence-corrected chi connectivity index (χ0v) is 18.5. The van der Waals surface area contributed by atoms with Gasteiger partial charge in [-0.05, 0) is 79.6 Å². The van der Waals surface area contributed by atoms with Crippen LogP contribution in [0.1, 0.15) is 45.5 Å². The molecule has 160 valence electrons. The normalized spacial score (nSPS) is 13.4. The summed E-state index contributed by atoms with van der Waals surface area (Å²) in [5.41, 5.74) is 5.80. The van der Waals surface area contributed by atoms with Gasteiger partial charge in [0.15, 0.2) is 0 Å². The molecule has 1 heterocycles. The van der Waals surface area contributed by atoms with Gasteiger partial charge in [-0.3, -0.25) is 4.79 Å². The monoisotopic (exact) mass is 443 g/mol. The van der Waals surface area contributed by atoms with Crippen LogP contribution in [0.2, 0.25) is 0 Å². The number of amides is 1. The largest absolute Gasteiger partial charge is 0.280 e. The summed E-state index contributed by atoms with van der Waals surface area (Å²) in [4.78, 5) is 18.1. The number of hydrogen-bond donors (Lipinski definition) is 0. The first-order chi connectivity index (χ1) is 15.6. The Morgan fingerprint density at radius 1 is 1.03 bits per heavy atom. The highest BCUT2D eigenvalue weighted by Gasteiger charge is 2.22. The highest BCUT2D eigenvalue weighted by atomic mass is 32.1. The summed E-state index contributed by atoms with van der Waals surface area (Å²) in [5, 5.41) is 6.25.